The van der Waals surface area contributed by atoms with Crippen LogP contribution in [-0.4, -0.2) is 38.1 Å². The lowest BCUT2D eigenvalue weighted by Gasteiger charge is -2.23. The minimum Gasteiger partial charge on any atom is -0.493 e. The summed E-state index contributed by atoms with van der Waals surface area (Å²) in [4.78, 5) is 14.3. The number of likely N-dealkylation sites (N-methyl/N-ethyl adjacent to an activating group) is 1. The number of benzene rings is 2. The number of carbonyl (C=O) groups excluding carboxylic acids is 1. The molecule has 0 fully saturated rings. The van der Waals surface area contributed by atoms with E-state index in [1.807, 2.05) is 62.5 Å². The van der Waals surface area contributed by atoms with E-state index >= 15 is 0 Å². The van der Waals surface area contributed by atoms with Gasteiger partial charge < -0.3 is 19.7 Å². The van der Waals surface area contributed by atoms with Crippen LogP contribution in [-0.2, 0) is 11.3 Å². The summed E-state index contributed by atoms with van der Waals surface area (Å²) in [6, 6.07) is 15.1. The average Bonchev–Trinajstić information content (AvgIpc) is 2.61. The number of rotatable bonds is 7. The van der Waals surface area contributed by atoms with Crippen molar-refractivity contribution in [1.82, 2.24) is 4.90 Å². The van der Waals surface area contributed by atoms with E-state index in [0.717, 1.165) is 11.3 Å². The SMILES string of the molecule is COc1ccc(N[C@H](C)C(=O)N(C)Cc2ccccc2)cc1OC. The summed E-state index contributed by atoms with van der Waals surface area (Å²) in [5.41, 5.74) is 1.91. The van der Waals surface area contributed by atoms with Gasteiger partial charge in [-0.2, -0.15) is 0 Å². The van der Waals surface area contributed by atoms with Gasteiger partial charge in [-0.15, -0.1) is 0 Å². The second-order valence-electron chi connectivity index (χ2n) is 5.62. The van der Waals surface area contributed by atoms with E-state index in [2.05, 4.69) is 5.32 Å². The molecule has 128 valence electrons. The first-order valence-corrected chi connectivity index (χ1v) is 7.82. The third kappa shape index (κ3) is 4.41. The number of nitrogens with zero attached hydrogens (tertiary/aromatic N) is 1. The molecule has 0 bridgehead atoms. The molecule has 5 heteroatoms. The van der Waals surface area contributed by atoms with E-state index in [0.29, 0.717) is 18.0 Å². The minimum absolute atomic E-state index is 0.0219. The van der Waals surface area contributed by atoms with E-state index in [4.69, 9.17) is 9.47 Å². The van der Waals surface area contributed by atoms with Gasteiger partial charge in [0.15, 0.2) is 11.5 Å². The lowest BCUT2D eigenvalue weighted by Crippen LogP contribution is -2.38. The highest BCUT2D eigenvalue weighted by Crippen LogP contribution is 2.30. The Morgan fingerprint density at radius 1 is 1.08 bits per heavy atom. The fourth-order valence-corrected chi connectivity index (χ4v) is 2.50. The van der Waals surface area contributed by atoms with Gasteiger partial charge in [-0.1, -0.05) is 30.3 Å². The zero-order chi connectivity index (χ0) is 17.5. The molecule has 0 aliphatic carbocycles. The summed E-state index contributed by atoms with van der Waals surface area (Å²) in [6.07, 6.45) is 0. The molecule has 2 aromatic carbocycles. The number of carbonyl (C=O) groups is 1. The van der Waals surface area contributed by atoms with Crippen molar-refractivity contribution in [2.24, 2.45) is 0 Å². The molecule has 1 amide bonds. The summed E-state index contributed by atoms with van der Waals surface area (Å²) in [5, 5.41) is 3.21. The van der Waals surface area contributed by atoms with E-state index in [1.54, 1.807) is 19.1 Å². The number of methoxy groups -OCH3 is 2. The quantitative estimate of drug-likeness (QED) is 0.848. The highest BCUT2D eigenvalue weighted by molar-refractivity contribution is 5.84. The van der Waals surface area contributed by atoms with Crippen molar-refractivity contribution in [3.63, 3.8) is 0 Å². The van der Waals surface area contributed by atoms with E-state index in [1.165, 1.54) is 0 Å². The van der Waals surface area contributed by atoms with Crippen LogP contribution < -0.4 is 14.8 Å². The molecule has 1 atom stereocenters. The molecular weight excluding hydrogens is 304 g/mol. The molecule has 0 heterocycles. The molecule has 2 rings (SSSR count). The minimum atomic E-state index is -0.350. The molecule has 0 aliphatic heterocycles. The monoisotopic (exact) mass is 328 g/mol. The van der Waals surface area contributed by atoms with Crippen LogP contribution in [0, 0.1) is 0 Å². The third-order valence-electron chi connectivity index (χ3n) is 3.78. The van der Waals surface area contributed by atoms with Gasteiger partial charge in [-0.05, 0) is 24.6 Å². The van der Waals surface area contributed by atoms with Crippen LogP contribution in [0.4, 0.5) is 5.69 Å². The summed E-state index contributed by atoms with van der Waals surface area (Å²) >= 11 is 0. The van der Waals surface area contributed by atoms with Gasteiger partial charge >= 0.3 is 0 Å². The first-order chi connectivity index (χ1) is 11.5. The fraction of sp³-hybridized carbons (Fsp3) is 0.316. The van der Waals surface area contributed by atoms with Crippen molar-refractivity contribution in [3.8, 4) is 11.5 Å². The molecule has 5 nitrogen and oxygen atoms in total. The molecule has 0 unspecified atom stereocenters. The molecule has 0 saturated carbocycles. The molecule has 1 N–H and O–H groups in total. The topological polar surface area (TPSA) is 50.8 Å². The number of hydrogen-bond acceptors (Lipinski definition) is 4. The van der Waals surface area contributed by atoms with E-state index in [-0.39, 0.29) is 11.9 Å². The maximum atomic E-state index is 12.5. The number of amides is 1. The van der Waals surface area contributed by atoms with E-state index in [9.17, 15) is 4.79 Å². The number of ether oxygens (including phenoxy) is 2. The van der Waals surface area contributed by atoms with Gasteiger partial charge in [0.2, 0.25) is 5.91 Å². The Labute approximate surface area is 143 Å². The second-order valence-corrected chi connectivity index (χ2v) is 5.62. The zero-order valence-electron chi connectivity index (χ0n) is 14.6. The van der Waals surface area contributed by atoms with Crippen molar-refractivity contribution in [3.05, 3.63) is 54.1 Å². The van der Waals surface area contributed by atoms with Gasteiger partial charge in [0.1, 0.15) is 6.04 Å². The van der Waals surface area contributed by atoms with Crippen LogP contribution >= 0.6 is 0 Å². The molecule has 0 spiro atoms. The highest BCUT2D eigenvalue weighted by Gasteiger charge is 2.18. The summed E-state index contributed by atoms with van der Waals surface area (Å²) in [7, 11) is 4.99. The Kier molecular flexibility index (Phi) is 6.07. The van der Waals surface area contributed by atoms with Crippen molar-refractivity contribution in [2.45, 2.75) is 19.5 Å². The summed E-state index contributed by atoms with van der Waals surface area (Å²) in [5.74, 6) is 1.30. The molecule has 0 saturated heterocycles. The fourth-order valence-electron chi connectivity index (χ4n) is 2.50. The lowest BCUT2D eigenvalue weighted by molar-refractivity contribution is -0.130. The third-order valence-corrected chi connectivity index (χ3v) is 3.78. The average molecular weight is 328 g/mol. The number of hydrogen-bond donors (Lipinski definition) is 1. The standard InChI is InChI=1S/C19H24N2O3/c1-14(19(22)21(2)13-15-8-6-5-7-9-15)20-16-10-11-17(23-3)18(12-16)24-4/h5-12,14,20H,13H2,1-4H3/t14-/m1/s1. The molecule has 0 aromatic heterocycles. The smallest absolute Gasteiger partial charge is 0.244 e. The first kappa shape index (κ1) is 17.7. The number of nitrogens with one attached hydrogen (secondary N) is 1. The Balaban J connectivity index is 2.00. The van der Waals surface area contributed by atoms with Gasteiger partial charge in [0.25, 0.3) is 0 Å². The maximum Gasteiger partial charge on any atom is 0.244 e. The van der Waals surface area contributed by atoms with Gasteiger partial charge in [-0.3, -0.25) is 4.79 Å². The van der Waals surface area contributed by atoms with Crippen LogP contribution in [0.25, 0.3) is 0 Å². The Bertz CT molecular complexity index is 674. The largest absolute Gasteiger partial charge is 0.493 e. The van der Waals surface area contributed by atoms with Crippen LogP contribution in [0.2, 0.25) is 0 Å². The molecule has 2 aromatic rings. The Morgan fingerprint density at radius 2 is 1.75 bits per heavy atom. The van der Waals surface area contributed by atoms with Gasteiger partial charge in [0.05, 0.1) is 14.2 Å². The lowest BCUT2D eigenvalue weighted by atomic mass is 10.2. The molecule has 0 aliphatic rings. The molecule has 24 heavy (non-hydrogen) atoms. The van der Waals surface area contributed by atoms with E-state index < -0.39 is 0 Å². The number of anilines is 1. The second kappa shape index (κ2) is 8.24. The summed E-state index contributed by atoms with van der Waals surface area (Å²) < 4.78 is 10.5. The predicted molar refractivity (Wildman–Crippen MR) is 95.5 cm³/mol. The summed E-state index contributed by atoms with van der Waals surface area (Å²) in [6.45, 7) is 2.43. The van der Waals surface area contributed by atoms with Crippen molar-refractivity contribution >= 4 is 11.6 Å². The van der Waals surface area contributed by atoms with Crippen LogP contribution in [0.3, 0.4) is 0 Å². The molecule has 0 radical (unpaired) electrons. The van der Waals surface area contributed by atoms with Crippen LogP contribution in [0.5, 0.6) is 11.5 Å². The Morgan fingerprint density at radius 3 is 2.38 bits per heavy atom. The normalized spacial score (nSPS) is 11.5. The molecular formula is C19H24N2O3. The van der Waals surface area contributed by atoms with Gasteiger partial charge in [0, 0.05) is 25.3 Å². The zero-order valence-corrected chi connectivity index (χ0v) is 14.6. The van der Waals surface area contributed by atoms with Crippen molar-refractivity contribution < 1.29 is 14.3 Å². The Hall–Kier alpha value is -2.69. The first-order valence-electron chi connectivity index (χ1n) is 7.82. The highest BCUT2D eigenvalue weighted by atomic mass is 16.5. The predicted octanol–water partition coefficient (Wildman–Crippen LogP) is 3.16. The maximum absolute atomic E-state index is 12.5. The van der Waals surface area contributed by atoms with Gasteiger partial charge in [-0.25, -0.2) is 0 Å². The van der Waals surface area contributed by atoms with Crippen LogP contribution in [0.15, 0.2) is 48.5 Å². The van der Waals surface area contributed by atoms with Crippen LogP contribution in [0.1, 0.15) is 12.5 Å². The van der Waals surface area contributed by atoms with Crippen molar-refractivity contribution in [1.29, 1.82) is 0 Å². The van der Waals surface area contributed by atoms with Crippen molar-refractivity contribution in [2.75, 3.05) is 26.6 Å².